The van der Waals surface area contributed by atoms with E-state index < -0.39 is 5.82 Å². The number of nitrogens with zero attached hydrogens (tertiary/aromatic N) is 2. The van der Waals surface area contributed by atoms with Crippen molar-refractivity contribution in [3.05, 3.63) is 53.4 Å². The van der Waals surface area contributed by atoms with E-state index in [2.05, 4.69) is 10.3 Å². The highest BCUT2D eigenvalue weighted by molar-refractivity contribution is 6.33. The van der Waals surface area contributed by atoms with Crippen molar-refractivity contribution in [2.75, 3.05) is 5.32 Å². The van der Waals surface area contributed by atoms with E-state index in [0.717, 1.165) is 0 Å². The first-order chi connectivity index (χ1) is 11.7. The number of amides is 1. The van der Waals surface area contributed by atoms with Gasteiger partial charge in [-0.05, 0) is 23.6 Å². The summed E-state index contributed by atoms with van der Waals surface area (Å²) in [6, 6.07) is 10.1. The maximum Gasteiger partial charge on any atom is 0.226 e. The Labute approximate surface area is 150 Å². The van der Waals surface area contributed by atoms with E-state index in [0.29, 0.717) is 34.2 Å². The van der Waals surface area contributed by atoms with Crippen molar-refractivity contribution in [2.45, 2.75) is 27.2 Å². The van der Waals surface area contributed by atoms with E-state index >= 15 is 0 Å². The number of imidazole rings is 1. The summed E-state index contributed by atoms with van der Waals surface area (Å²) in [6.07, 6.45) is 1.68. The van der Waals surface area contributed by atoms with Crippen LogP contribution in [0.15, 0.2) is 42.6 Å². The first kappa shape index (κ1) is 17.4. The van der Waals surface area contributed by atoms with Gasteiger partial charge in [-0.3, -0.25) is 9.20 Å². The minimum Gasteiger partial charge on any atom is -0.309 e. The SMILES string of the molecule is CC(C)(C)CC(=O)Nc1nc2ccc(F)cn2c1-c1ccccc1Cl. The normalized spacial score (nSPS) is 11.7. The van der Waals surface area contributed by atoms with Gasteiger partial charge in [-0.1, -0.05) is 50.6 Å². The zero-order valence-corrected chi connectivity index (χ0v) is 15.1. The number of benzene rings is 1. The summed E-state index contributed by atoms with van der Waals surface area (Å²) in [6.45, 7) is 5.96. The summed E-state index contributed by atoms with van der Waals surface area (Å²) >= 11 is 6.32. The van der Waals surface area contributed by atoms with Crippen molar-refractivity contribution in [2.24, 2.45) is 5.41 Å². The van der Waals surface area contributed by atoms with Gasteiger partial charge in [0, 0.05) is 18.2 Å². The number of aromatic nitrogens is 2. The molecule has 0 bridgehead atoms. The Bertz CT molecular complexity index is 943. The fourth-order valence-corrected chi connectivity index (χ4v) is 2.90. The van der Waals surface area contributed by atoms with Crippen molar-refractivity contribution < 1.29 is 9.18 Å². The molecule has 0 fully saturated rings. The average molecular weight is 360 g/mol. The maximum atomic E-state index is 13.8. The number of anilines is 1. The third kappa shape index (κ3) is 3.82. The molecule has 2 heterocycles. The number of fused-ring (bicyclic) bond motifs is 1. The van der Waals surface area contributed by atoms with Crippen molar-refractivity contribution in [1.82, 2.24) is 9.38 Å². The molecule has 1 N–H and O–H groups in total. The lowest BCUT2D eigenvalue weighted by atomic mass is 9.92. The zero-order chi connectivity index (χ0) is 18.2. The Balaban J connectivity index is 2.13. The summed E-state index contributed by atoms with van der Waals surface area (Å²) in [5.41, 5.74) is 1.61. The number of pyridine rings is 1. The smallest absolute Gasteiger partial charge is 0.226 e. The minimum absolute atomic E-state index is 0.148. The van der Waals surface area contributed by atoms with Gasteiger partial charge in [0.25, 0.3) is 0 Å². The van der Waals surface area contributed by atoms with Gasteiger partial charge in [-0.15, -0.1) is 0 Å². The molecule has 0 unspecified atom stereocenters. The molecule has 0 spiro atoms. The summed E-state index contributed by atoms with van der Waals surface area (Å²) in [7, 11) is 0. The molecule has 130 valence electrons. The largest absolute Gasteiger partial charge is 0.309 e. The van der Waals surface area contributed by atoms with Crippen LogP contribution in [0.1, 0.15) is 27.2 Å². The molecule has 0 aliphatic heterocycles. The summed E-state index contributed by atoms with van der Waals surface area (Å²) in [4.78, 5) is 16.8. The second kappa shape index (κ2) is 6.48. The lowest BCUT2D eigenvalue weighted by Gasteiger charge is -2.17. The first-order valence-corrected chi connectivity index (χ1v) is 8.35. The summed E-state index contributed by atoms with van der Waals surface area (Å²) in [5, 5.41) is 3.35. The van der Waals surface area contributed by atoms with Crippen LogP contribution in [0, 0.1) is 11.2 Å². The molecule has 3 aromatic rings. The zero-order valence-electron chi connectivity index (χ0n) is 14.3. The van der Waals surface area contributed by atoms with Crippen molar-refractivity contribution in [3.8, 4) is 11.3 Å². The fraction of sp³-hybridized carbons (Fsp3) is 0.263. The Hall–Kier alpha value is -2.40. The molecule has 25 heavy (non-hydrogen) atoms. The number of rotatable bonds is 3. The second-order valence-corrected chi connectivity index (χ2v) is 7.56. The standard InChI is InChI=1S/C19H19ClFN3O/c1-19(2,3)10-16(25)23-18-17(13-6-4-5-7-14(13)20)24-11-12(21)8-9-15(24)22-18/h4-9,11H,10H2,1-3H3,(H,23,25). The maximum absolute atomic E-state index is 13.8. The van der Waals surface area contributed by atoms with Gasteiger partial charge in [-0.2, -0.15) is 0 Å². The van der Waals surface area contributed by atoms with E-state index in [1.165, 1.54) is 12.3 Å². The fourth-order valence-electron chi connectivity index (χ4n) is 2.67. The van der Waals surface area contributed by atoms with E-state index in [4.69, 9.17) is 11.6 Å². The predicted molar refractivity (Wildman–Crippen MR) is 98.3 cm³/mol. The number of carbonyl (C=O) groups excluding carboxylic acids is 1. The molecule has 6 heteroatoms. The number of nitrogens with one attached hydrogen (secondary N) is 1. The monoisotopic (exact) mass is 359 g/mol. The van der Waals surface area contributed by atoms with Crippen LogP contribution in [0.25, 0.3) is 16.9 Å². The average Bonchev–Trinajstić information content (AvgIpc) is 2.83. The lowest BCUT2D eigenvalue weighted by molar-refractivity contribution is -0.117. The Morgan fingerprint density at radius 2 is 1.96 bits per heavy atom. The molecule has 3 rings (SSSR count). The van der Waals surface area contributed by atoms with Crippen LogP contribution in [0.4, 0.5) is 10.2 Å². The van der Waals surface area contributed by atoms with Gasteiger partial charge in [0.1, 0.15) is 11.5 Å². The minimum atomic E-state index is -0.397. The quantitative estimate of drug-likeness (QED) is 0.701. The van der Waals surface area contributed by atoms with Gasteiger partial charge in [0.15, 0.2) is 5.82 Å². The van der Waals surface area contributed by atoms with E-state index in [1.807, 2.05) is 39.0 Å². The second-order valence-electron chi connectivity index (χ2n) is 7.15. The highest BCUT2D eigenvalue weighted by atomic mass is 35.5. The van der Waals surface area contributed by atoms with E-state index in [1.54, 1.807) is 16.5 Å². The van der Waals surface area contributed by atoms with Crippen LogP contribution < -0.4 is 5.32 Å². The molecule has 0 atom stereocenters. The predicted octanol–water partition coefficient (Wildman–Crippen LogP) is 5.17. The van der Waals surface area contributed by atoms with Crippen LogP contribution >= 0.6 is 11.6 Å². The molecule has 0 saturated carbocycles. The van der Waals surface area contributed by atoms with Crippen LogP contribution in [0.5, 0.6) is 0 Å². The van der Waals surface area contributed by atoms with E-state index in [-0.39, 0.29) is 11.3 Å². The van der Waals surface area contributed by atoms with Gasteiger partial charge in [0.05, 0.1) is 10.7 Å². The molecule has 0 aliphatic rings. The van der Waals surface area contributed by atoms with Crippen LogP contribution in [0.3, 0.4) is 0 Å². The number of halogens is 2. The molecular formula is C19H19ClFN3O. The number of hydrogen-bond acceptors (Lipinski definition) is 2. The summed E-state index contributed by atoms with van der Waals surface area (Å²) < 4.78 is 15.4. The first-order valence-electron chi connectivity index (χ1n) is 7.97. The van der Waals surface area contributed by atoms with Gasteiger partial charge in [0.2, 0.25) is 5.91 Å². The highest BCUT2D eigenvalue weighted by Crippen LogP contribution is 2.34. The molecule has 0 aliphatic carbocycles. The van der Waals surface area contributed by atoms with E-state index in [9.17, 15) is 9.18 Å². The van der Waals surface area contributed by atoms with Crippen molar-refractivity contribution in [1.29, 1.82) is 0 Å². The lowest BCUT2D eigenvalue weighted by Crippen LogP contribution is -2.20. The number of hydrogen-bond donors (Lipinski definition) is 1. The topological polar surface area (TPSA) is 46.4 Å². The van der Waals surface area contributed by atoms with Crippen molar-refractivity contribution in [3.63, 3.8) is 0 Å². The van der Waals surface area contributed by atoms with Crippen LogP contribution in [0.2, 0.25) is 5.02 Å². The van der Waals surface area contributed by atoms with Gasteiger partial charge >= 0.3 is 0 Å². The Kier molecular flexibility index (Phi) is 4.52. The third-order valence-corrected chi connectivity index (χ3v) is 3.99. The van der Waals surface area contributed by atoms with Gasteiger partial charge in [-0.25, -0.2) is 9.37 Å². The molecule has 0 saturated heterocycles. The molecule has 2 aromatic heterocycles. The Morgan fingerprint density at radius 3 is 2.64 bits per heavy atom. The highest BCUT2D eigenvalue weighted by Gasteiger charge is 2.21. The molecule has 0 radical (unpaired) electrons. The Morgan fingerprint density at radius 1 is 1.24 bits per heavy atom. The third-order valence-electron chi connectivity index (χ3n) is 3.66. The molecule has 1 aromatic carbocycles. The number of carbonyl (C=O) groups is 1. The molecular weight excluding hydrogens is 341 g/mol. The van der Waals surface area contributed by atoms with Crippen molar-refractivity contribution >= 4 is 29.0 Å². The van der Waals surface area contributed by atoms with Gasteiger partial charge < -0.3 is 5.32 Å². The van der Waals surface area contributed by atoms with Crippen LogP contribution in [-0.2, 0) is 4.79 Å². The molecule has 4 nitrogen and oxygen atoms in total. The van der Waals surface area contributed by atoms with Crippen LogP contribution in [-0.4, -0.2) is 15.3 Å². The summed E-state index contributed by atoms with van der Waals surface area (Å²) in [5.74, 6) is -0.177. The molecule has 1 amide bonds.